The molecule has 8 nitrogen and oxygen atoms in total. The first kappa shape index (κ1) is 18.2. The van der Waals surface area contributed by atoms with Crippen LogP contribution in [0.25, 0.3) is 0 Å². The van der Waals surface area contributed by atoms with Crippen LogP contribution in [-0.4, -0.2) is 33.7 Å². The fraction of sp³-hybridized carbons (Fsp3) is 0.562. The zero-order valence-electron chi connectivity index (χ0n) is 14.4. The normalized spacial score (nSPS) is 21.8. The molecule has 1 aromatic carbocycles. The van der Waals surface area contributed by atoms with E-state index in [1.165, 1.54) is 19.1 Å². The molecule has 2 rings (SSSR count). The van der Waals surface area contributed by atoms with Crippen molar-refractivity contribution in [2.45, 2.75) is 58.4 Å². The molecule has 3 N–H and O–H groups in total. The van der Waals surface area contributed by atoms with Gasteiger partial charge < -0.3 is 20.5 Å². The van der Waals surface area contributed by atoms with E-state index < -0.39 is 28.6 Å². The van der Waals surface area contributed by atoms with Gasteiger partial charge in [0.2, 0.25) is 5.91 Å². The molecule has 0 saturated carbocycles. The average molecular weight is 337 g/mol. The van der Waals surface area contributed by atoms with Crippen molar-refractivity contribution < 1.29 is 19.6 Å². The van der Waals surface area contributed by atoms with Crippen LogP contribution in [-0.2, 0) is 4.79 Å². The molecule has 1 aliphatic rings. The lowest BCUT2D eigenvalue weighted by Gasteiger charge is -2.43. The van der Waals surface area contributed by atoms with Gasteiger partial charge in [0.1, 0.15) is 23.1 Å². The van der Waals surface area contributed by atoms with Crippen LogP contribution in [0.2, 0.25) is 0 Å². The number of nitrogens with one attached hydrogen (secondary N) is 2. The van der Waals surface area contributed by atoms with E-state index in [1.807, 2.05) is 13.8 Å². The molecule has 0 bridgehead atoms. The summed E-state index contributed by atoms with van der Waals surface area (Å²) in [6.45, 7) is 8.61. The number of fused-ring (bicyclic) bond motifs is 1. The predicted octanol–water partition coefficient (Wildman–Crippen LogP) is 2.12. The minimum Gasteiger partial charge on any atom is -0.484 e. The lowest BCUT2D eigenvalue weighted by atomic mass is 9.85. The highest BCUT2D eigenvalue weighted by Crippen LogP contribution is 2.44. The van der Waals surface area contributed by atoms with Crippen LogP contribution in [0.15, 0.2) is 12.1 Å². The minimum absolute atomic E-state index is 0.0748. The number of nitrogens with zero attached hydrogens (tertiary/aromatic N) is 1. The second-order valence-electron chi connectivity index (χ2n) is 6.79. The zero-order chi connectivity index (χ0) is 18.2. The topological polar surface area (TPSA) is 114 Å². The number of carbonyl (C=O) groups is 1. The van der Waals surface area contributed by atoms with Gasteiger partial charge in [-0.3, -0.25) is 14.9 Å². The molecule has 1 aliphatic heterocycles. The molecular formula is C16H23N3O5. The van der Waals surface area contributed by atoms with Crippen LogP contribution < -0.4 is 15.4 Å². The summed E-state index contributed by atoms with van der Waals surface area (Å²) in [6.07, 6.45) is -0.862. The zero-order valence-corrected chi connectivity index (χ0v) is 14.4. The number of hydrogen-bond donors (Lipinski definition) is 3. The van der Waals surface area contributed by atoms with Gasteiger partial charge in [-0.15, -0.1) is 0 Å². The molecule has 2 unspecified atom stereocenters. The van der Waals surface area contributed by atoms with Gasteiger partial charge in [-0.05, 0) is 19.9 Å². The number of aliphatic hydroxyl groups is 1. The first-order chi connectivity index (χ1) is 11.0. The summed E-state index contributed by atoms with van der Waals surface area (Å²) in [5.41, 5.74) is -0.509. The Morgan fingerprint density at radius 1 is 1.42 bits per heavy atom. The number of benzene rings is 1. The minimum atomic E-state index is -0.914. The van der Waals surface area contributed by atoms with Crippen molar-refractivity contribution in [3.05, 3.63) is 27.8 Å². The number of ether oxygens (including phenoxy) is 1. The molecule has 0 aromatic heterocycles. The molecule has 2 atom stereocenters. The maximum atomic E-state index is 11.4. The smallest absolute Gasteiger partial charge is 0.296 e. The summed E-state index contributed by atoms with van der Waals surface area (Å²) in [5.74, 6) is -0.0896. The molecule has 1 aromatic rings. The summed E-state index contributed by atoms with van der Waals surface area (Å²) in [7, 11) is 0. The molecular weight excluding hydrogens is 314 g/mol. The van der Waals surface area contributed by atoms with Gasteiger partial charge in [-0.1, -0.05) is 13.8 Å². The number of anilines is 1. The first-order valence-corrected chi connectivity index (χ1v) is 7.76. The molecule has 1 heterocycles. The maximum Gasteiger partial charge on any atom is 0.296 e. The van der Waals surface area contributed by atoms with Crippen molar-refractivity contribution >= 4 is 17.3 Å². The molecule has 0 radical (unpaired) electrons. The molecule has 24 heavy (non-hydrogen) atoms. The van der Waals surface area contributed by atoms with Crippen molar-refractivity contribution in [1.29, 1.82) is 0 Å². The van der Waals surface area contributed by atoms with E-state index in [1.54, 1.807) is 13.8 Å². The summed E-state index contributed by atoms with van der Waals surface area (Å²) < 4.78 is 5.79. The van der Waals surface area contributed by atoms with Crippen molar-refractivity contribution in [2.24, 2.45) is 0 Å². The van der Waals surface area contributed by atoms with Gasteiger partial charge in [0, 0.05) is 18.5 Å². The SMILES string of the molecule is CC(=O)Nc1cc2c(cc1[N+](=O)[O-])OC(C)(C)C(O)C2NC(C)C. The van der Waals surface area contributed by atoms with Crippen LogP contribution in [0, 0.1) is 10.1 Å². The summed E-state index contributed by atoms with van der Waals surface area (Å²) in [5, 5.41) is 27.7. The van der Waals surface area contributed by atoms with Crippen LogP contribution in [0.3, 0.4) is 0 Å². The number of nitro benzene ring substituents is 1. The predicted molar refractivity (Wildman–Crippen MR) is 89.1 cm³/mol. The second-order valence-corrected chi connectivity index (χ2v) is 6.79. The fourth-order valence-electron chi connectivity index (χ4n) is 2.81. The molecule has 0 aliphatic carbocycles. The Kier molecular flexibility index (Phi) is 4.82. The van der Waals surface area contributed by atoms with Crippen molar-refractivity contribution in [3.8, 4) is 5.75 Å². The second kappa shape index (κ2) is 6.37. The van der Waals surface area contributed by atoms with E-state index >= 15 is 0 Å². The highest BCUT2D eigenvalue weighted by Gasteiger charge is 2.44. The van der Waals surface area contributed by atoms with E-state index in [2.05, 4.69) is 10.6 Å². The third-order valence-corrected chi connectivity index (χ3v) is 3.88. The van der Waals surface area contributed by atoms with E-state index in [4.69, 9.17) is 4.74 Å². The third-order valence-electron chi connectivity index (χ3n) is 3.88. The number of carbonyl (C=O) groups excluding carboxylic acids is 1. The Bertz CT molecular complexity index is 672. The Balaban J connectivity index is 2.62. The van der Waals surface area contributed by atoms with Crippen molar-refractivity contribution in [2.75, 3.05) is 5.32 Å². The van der Waals surface area contributed by atoms with E-state index in [-0.39, 0.29) is 17.4 Å². The Hall–Kier alpha value is -2.19. The number of amides is 1. The third kappa shape index (κ3) is 3.49. The largest absolute Gasteiger partial charge is 0.484 e. The number of nitro groups is 1. The molecule has 0 fully saturated rings. The van der Waals surface area contributed by atoms with E-state index in [9.17, 15) is 20.0 Å². The average Bonchev–Trinajstić information content (AvgIpc) is 2.42. The summed E-state index contributed by atoms with van der Waals surface area (Å²) >= 11 is 0. The Labute approximate surface area is 140 Å². The standard InChI is InChI=1S/C16H23N3O5/c1-8(2)17-14-10-6-11(18-9(3)20)12(19(22)23)7-13(10)24-16(4,5)15(14)21/h6-8,14-15,17,21H,1-5H3,(H,18,20). The molecule has 0 saturated heterocycles. The van der Waals surface area contributed by atoms with Crippen LogP contribution in [0.4, 0.5) is 11.4 Å². The number of hydrogen-bond acceptors (Lipinski definition) is 6. The molecule has 8 heteroatoms. The number of rotatable bonds is 4. The Morgan fingerprint density at radius 3 is 2.54 bits per heavy atom. The van der Waals surface area contributed by atoms with Crippen molar-refractivity contribution in [1.82, 2.24) is 5.32 Å². The van der Waals surface area contributed by atoms with E-state index in [0.717, 1.165) is 0 Å². The maximum absolute atomic E-state index is 11.4. The van der Waals surface area contributed by atoms with Crippen molar-refractivity contribution in [3.63, 3.8) is 0 Å². The fourth-order valence-corrected chi connectivity index (χ4v) is 2.81. The first-order valence-electron chi connectivity index (χ1n) is 7.76. The van der Waals surface area contributed by atoms with Gasteiger partial charge in [-0.25, -0.2) is 0 Å². The van der Waals surface area contributed by atoms with Gasteiger partial charge >= 0.3 is 0 Å². The van der Waals surface area contributed by atoms with Gasteiger partial charge in [0.25, 0.3) is 5.69 Å². The van der Waals surface area contributed by atoms with Crippen LogP contribution in [0.1, 0.15) is 46.2 Å². The lowest BCUT2D eigenvalue weighted by Crippen LogP contribution is -2.53. The molecule has 0 spiro atoms. The molecule has 132 valence electrons. The summed E-state index contributed by atoms with van der Waals surface area (Å²) in [6, 6.07) is 2.39. The highest BCUT2D eigenvalue weighted by molar-refractivity contribution is 5.91. The monoisotopic (exact) mass is 337 g/mol. The van der Waals surface area contributed by atoms with Crippen LogP contribution in [0.5, 0.6) is 5.75 Å². The van der Waals surface area contributed by atoms with Crippen LogP contribution >= 0.6 is 0 Å². The van der Waals surface area contributed by atoms with E-state index in [0.29, 0.717) is 11.3 Å². The van der Waals surface area contributed by atoms with Gasteiger partial charge in [0.05, 0.1) is 17.0 Å². The summed E-state index contributed by atoms with van der Waals surface area (Å²) in [4.78, 5) is 22.1. The van der Waals surface area contributed by atoms with Gasteiger partial charge in [0.15, 0.2) is 0 Å². The molecule has 1 amide bonds. The highest BCUT2D eigenvalue weighted by atomic mass is 16.6. The lowest BCUT2D eigenvalue weighted by molar-refractivity contribution is -0.384. The number of aliphatic hydroxyl groups excluding tert-OH is 1. The van der Waals surface area contributed by atoms with Gasteiger partial charge in [-0.2, -0.15) is 0 Å². The Morgan fingerprint density at radius 2 is 2.04 bits per heavy atom. The quantitative estimate of drug-likeness (QED) is 0.573.